The van der Waals surface area contributed by atoms with Gasteiger partial charge in [0.15, 0.2) is 0 Å². The molecule has 0 saturated heterocycles. The number of rotatable bonds is 2. The summed E-state index contributed by atoms with van der Waals surface area (Å²) in [6.45, 7) is 5.33. The van der Waals surface area contributed by atoms with E-state index in [0.29, 0.717) is 5.70 Å². The second-order valence-electron chi connectivity index (χ2n) is 1.86. The monoisotopic (exact) mass is 131 g/mol. The Labute approximate surface area is 62.7 Å². The van der Waals surface area contributed by atoms with Crippen LogP contribution in [0, 0.1) is 5.80 Å². The Morgan fingerprint density at radius 1 is 1.60 bits per heavy atom. The van der Waals surface area contributed by atoms with Gasteiger partial charge in [-0.2, -0.15) is 0 Å². The summed E-state index contributed by atoms with van der Waals surface area (Å²) in [5.74, 6) is 2.47. The molecule has 0 atom stereocenters. The van der Waals surface area contributed by atoms with E-state index in [1.54, 1.807) is 18.2 Å². The van der Waals surface area contributed by atoms with Crippen LogP contribution in [0.25, 0.3) is 0 Å². The molecule has 0 aliphatic carbocycles. The fourth-order valence-corrected chi connectivity index (χ4v) is 0.337. The molecule has 0 rings (SSSR count). The van der Waals surface area contributed by atoms with Gasteiger partial charge in [0.25, 0.3) is 0 Å². The average Bonchev–Trinajstić information content (AvgIpc) is 1.99. The summed E-state index contributed by atoms with van der Waals surface area (Å²) in [5, 5.41) is 0. The molecule has 1 nitrogen and oxygen atoms in total. The Morgan fingerprint density at radius 2 is 2.20 bits per heavy atom. The summed E-state index contributed by atoms with van der Waals surface area (Å²) < 4.78 is 0. The van der Waals surface area contributed by atoms with Crippen LogP contribution in [0.3, 0.4) is 0 Å². The molecule has 0 aliphatic rings. The van der Waals surface area contributed by atoms with Crippen LogP contribution in [0.1, 0.15) is 6.92 Å². The zero-order valence-electron chi connectivity index (χ0n) is 6.09. The van der Waals surface area contributed by atoms with Crippen molar-refractivity contribution in [2.75, 3.05) is 0 Å². The molecular formula is C8H10BN. The average molecular weight is 131 g/mol. The Morgan fingerprint density at radius 3 is 2.60 bits per heavy atom. The summed E-state index contributed by atoms with van der Waals surface area (Å²) in [7, 11) is 5.09. The number of nitrogens with two attached hydrogens (primary N) is 1. The number of hydrogen-bond donors (Lipinski definition) is 1. The fourth-order valence-electron chi connectivity index (χ4n) is 0.337. The van der Waals surface area contributed by atoms with E-state index in [0.717, 1.165) is 5.57 Å². The Balaban J connectivity index is 4.21. The minimum absolute atomic E-state index is 0.620. The van der Waals surface area contributed by atoms with Crippen LogP contribution in [-0.2, 0) is 0 Å². The maximum absolute atomic E-state index is 5.41. The summed E-state index contributed by atoms with van der Waals surface area (Å²) >= 11 is 0. The number of allylic oxidation sites excluding steroid dienone is 4. The van der Waals surface area contributed by atoms with E-state index in [9.17, 15) is 0 Å². The molecule has 0 fully saturated rings. The summed E-state index contributed by atoms with van der Waals surface area (Å²) in [6.07, 6.45) is 5.07. The van der Waals surface area contributed by atoms with Gasteiger partial charge >= 0.3 is 61.9 Å². The van der Waals surface area contributed by atoms with Crippen LogP contribution in [0.5, 0.6) is 0 Å². The van der Waals surface area contributed by atoms with Crippen molar-refractivity contribution in [3.05, 3.63) is 36.1 Å². The molecule has 0 aromatic heterocycles. The van der Waals surface area contributed by atoms with Crippen LogP contribution >= 0.6 is 0 Å². The molecule has 10 heavy (non-hydrogen) atoms. The number of hydrogen-bond acceptors (Lipinski definition) is 1. The third-order valence-electron chi connectivity index (χ3n) is 0.989. The van der Waals surface area contributed by atoms with Gasteiger partial charge in [0.1, 0.15) is 0 Å². The molecule has 0 saturated carbocycles. The molecule has 0 bridgehead atoms. The molecule has 0 aliphatic heterocycles. The van der Waals surface area contributed by atoms with E-state index in [1.165, 1.54) is 0 Å². The maximum atomic E-state index is 5.41. The third-order valence-corrected chi connectivity index (χ3v) is 0.989. The Kier molecular flexibility index (Phi) is 4.18. The van der Waals surface area contributed by atoms with E-state index >= 15 is 0 Å². The van der Waals surface area contributed by atoms with Gasteiger partial charge in [-0.1, -0.05) is 0 Å². The Hall–Kier alpha value is -1.14. The molecule has 0 unspecified atom stereocenters. The fraction of sp³-hybridized carbons (Fsp3) is 0.125. The predicted molar refractivity (Wildman–Crippen MR) is 45.9 cm³/mol. The van der Waals surface area contributed by atoms with Crippen molar-refractivity contribution in [1.82, 2.24) is 0 Å². The van der Waals surface area contributed by atoms with Gasteiger partial charge in [-0.15, -0.1) is 0 Å². The van der Waals surface area contributed by atoms with Gasteiger partial charge in [-0.3, -0.25) is 0 Å². The summed E-state index contributed by atoms with van der Waals surface area (Å²) in [4.78, 5) is 0. The Bertz CT molecular complexity index is 218. The predicted octanol–water partition coefficient (Wildman–Crippen LogP) is 1.09. The van der Waals surface area contributed by atoms with Gasteiger partial charge in [-0.05, 0) is 0 Å². The second-order valence-corrected chi connectivity index (χ2v) is 1.86. The molecule has 2 heteroatoms. The first kappa shape index (κ1) is 8.86. The van der Waals surface area contributed by atoms with Crippen molar-refractivity contribution >= 4 is 7.33 Å². The molecule has 0 amide bonds. The van der Waals surface area contributed by atoms with Crippen molar-refractivity contribution in [1.29, 1.82) is 0 Å². The molecule has 2 N–H and O–H groups in total. The molecular weight excluding hydrogens is 121 g/mol. The molecule has 0 radical (unpaired) electrons. The first-order valence-corrected chi connectivity index (χ1v) is 2.93. The van der Waals surface area contributed by atoms with E-state index < -0.39 is 0 Å². The topological polar surface area (TPSA) is 26.0 Å². The summed E-state index contributed by atoms with van der Waals surface area (Å²) in [5.41, 5.74) is 6.88. The van der Waals surface area contributed by atoms with Crippen molar-refractivity contribution in [2.24, 2.45) is 5.73 Å². The van der Waals surface area contributed by atoms with Crippen molar-refractivity contribution in [2.45, 2.75) is 6.92 Å². The van der Waals surface area contributed by atoms with E-state index in [-0.39, 0.29) is 0 Å². The molecule has 0 aromatic carbocycles. The molecule has 0 aromatic rings. The van der Waals surface area contributed by atoms with Crippen LogP contribution in [0.15, 0.2) is 36.1 Å². The molecule has 50 valence electrons. The van der Waals surface area contributed by atoms with Crippen LogP contribution in [0.2, 0.25) is 0 Å². The first-order valence-electron chi connectivity index (χ1n) is 2.93. The van der Waals surface area contributed by atoms with E-state index in [1.807, 2.05) is 6.92 Å². The standard InChI is InChI=1S/C8H10BN/c1-3-8(10)5-4-7(2)6-9/h3-5H,1,10H2,2H3/b7-4+,8-5+. The minimum atomic E-state index is 0.620. The normalized spacial score (nSPS) is 12.7. The third kappa shape index (κ3) is 3.82. The van der Waals surface area contributed by atoms with E-state index in [4.69, 9.17) is 13.1 Å². The van der Waals surface area contributed by atoms with Crippen LogP contribution in [-0.4, -0.2) is 7.33 Å². The first-order chi connectivity index (χ1) is 4.70. The molecule has 0 heterocycles. The quantitative estimate of drug-likeness (QED) is 0.440. The van der Waals surface area contributed by atoms with Gasteiger partial charge in [0.2, 0.25) is 0 Å². The van der Waals surface area contributed by atoms with Gasteiger partial charge in [0.05, 0.1) is 0 Å². The van der Waals surface area contributed by atoms with Crippen molar-refractivity contribution < 1.29 is 0 Å². The van der Waals surface area contributed by atoms with Crippen molar-refractivity contribution in [3.63, 3.8) is 0 Å². The molecule has 0 spiro atoms. The second kappa shape index (κ2) is 4.72. The van der Waals surface area contributed by atoms with Crippen molar-refractivity contribution in [3.8, 4) is 5.80 Å². The van der Waals surface area contributed by atoms with Gasteiger partial charge in [-0.25, -0.2) is 0 Å². The van der Waals surface area contributed by atoms with Gasteiger partial charge < -0.3 is 0 Å². The summed E-state index contributed by atoms with van der Waals surface area (Å²) in [6, 6.07) is 0. The van der Waals surface area contributed by atoms with Crippen LogP contribution < -0.4 is 5.73 Å². The zero-order valence-corrected chi connectivity index (χ0v) is 6.09. The SMILES string of the molecule is B#C/C(C)=C/C=C(/N)C=C. The van der Waals surface area contributed by atoms with Gasteiger partial charge in [0, 0.05) is 0 Å². The zero-order chi connectivity index (χ0) is 7.98. The van der Waals surface area contributed by atoms with Crippen LogP contribution in [0.4, 0.5) is 0 Å². The van der Waals surface area contributed by atoms with E-state index in [2.05, 4.69) is 12.4 Å².